The number of benzene rings is 1. The van der Waals surface area contributed by atoms with E-state index in [4.69, 9.17) is 29.7 Å². The van der Waals surface area contributed by atoms with E-state index in [0.717, 1.165) is 35.8 Å². The van der Waals surface area contributed by atoms with Crippen LogP contribution in [0, 0.1) is 18.6 Å². The number of anilines is 3. The van der Waals surface area contributed by atoms with Crippen LogP contribution < -0.4 is 15.1 Å². The molecule has 308 valence electrons. The van der Waals surface area contributed by atoms with Gasteiger partial charge in [-0.3, -0.25) is 14.6 Å². The van der Waals surface area contributed by atoms with Crippen LogP contribution in [0.5, 0.6) is 0 Å². The molecule has 1 aromatic carbocycles. The summed E-state index contributed by atoms with van der Waals surface area (Å²) in [5.74, 6) is 0.441. The predicted octanol–water partition coefficient (Wildman–Crippen LogP) is 4.10. The zero-order chi connectivity index (χ0) is 41.2. The fraction of sp³-hybridized carbons (Fsp3) is 0.429. The van der Waals surface area contributed by atoms with Gasteiger partial charge in [-0.1, -0.05) is 6.07 Å². The zero-order valence-electron chi connectivity index (χ0n) is 33.6. The van der Waals surface area contributed by atoms with Crippen molar-refractivity contribution in [3.8, 4) is 17.1 Å². The van der Waals surface area contributed by atoms with E-state index in [1.807, 2.05) is 52.8 Å². The summed E-state index contributed by atoms with van der Waals surface area (Å²) in [6, 6.07) is 10.2. The van der Waals surface area contributed by atoms with Gasteiger partial charge >= 0.3 is 0 Å². The lowest BCUT2D eigenvalue weighted by molar-refractivity contribution is -0.147. The Bertz CT molecular complexity index is 2750. The fourth-order valence-corrected chi connectivity index (χ4v) is 9.95. The maximum atomic E-state index is 15.5. The first-order valence-electron chi connectivity index (χ1n) is 20.4. The second kappa shape index (κ2) is 13.4. The van der Waals surface area contributed by atoms with Gasteiger partial charge in [-0.05, 0) is 63.4 Å². The minimum atomic E-state index is -0.879. The number of carbonyl (C=O) groups excluding carboxylic acids is 2. The molecule has 0 unspecified atom stereocenters. The van der Waals surface area contributed by atoms with Crippen molar-refractivity contribution in [3.63, 3.8) is 0 Å². The molecule has 4 saturated heterocycles. The van der Waals surface area contributed by atoms with Crippen molar-refractivity contribution >= 4 is 51.5 Å². The van der Waals surface area contributed by atoms with E-state index >= 15 is 4.39 Å². The number of amides is 2. The molecule has 12 rings (SSSR count). The molecule has 16 nitrogen and oxygen atoms in total. The molecule has 1 N–H and O–H groups in total. The van der Waals surface area contributed by atoms with Crippen LogP contribution >= 0.6 is 0 Å². The summed E-state index contributed by atoms with van der Waals surface area (Å²) in [6.45, 7) is 5.44. The Hall–Kier alpha value is -6.30. The Kier molecular flexibility index (Phi) is 8.18. The highest BCUT2D eigenvalue weighted by molar-refractivity contribution is 5.97. The number of nitrogens with zero attached hydrogens (tertiary/aromatic N) is 12. The first-order valence-corrected chi connectivity index (χ1v) is 20.4. The van der Waals surface area contributed by atoms with E-state index < -0.39 is 29.3 Å². The largest absolute Gasteiger partial charge is 0.378 e. The summed E-state index contributed by atoms with van der Waals surface area (Å²) in [4.78, 5) is 61.4. The van der Waals surface area contributed by atoms with Gasteiger partial charge < -0.3 is 34.2 Å². The molecule has 18 heteroatoms. The lowest BCUT2D eigenvalue weighted by Gasteiger charge is -2.62. The van der Waals surface area contributed by atoms with Crippen LogP contribution in [0.2, 0.25) is 0 Å². The van der Waals surface area contributed by atoms with Gasteiger partial charge in [0, 0.05) is 64.6 Å². The van der Waals surface area contributed by atoms with Gasteiger partial charge in [0.25, 0.3) is 0 Å². The maximum absolute atomic E-state index is 15.5. The molecule has 10 heterocycles. The van der Waals surface area contributed by atoms with Crippen LogP contribution in [0.3, 0.4) is 0 Å². The third kappa shape index (κ3) is 5.63. The Morgan fingerprint density at radius 2 is 1.80 bits per heavy atom. The second-order valence-corrected chi connectivity index (χ2v) is 17.0. The number of aryl methyl sites for hydroxylation is 1. The highest BCUT2D eigenvalue weighted by Gasteiger charge is 2.62. The van der Waals surface area contributed by atoms with E-state index in [1.165, 1.54) is 16.8 Å². The quantitative estimate of drug-likeness (QED) is 0.267. The Morgan fingerprint density at radius 1 is 0.950 bits per heavy atom. The van der Waals surface area contributed by atoms with Gasteiger partial charge in [0.1, 0.15) is 46.2 Å². The predicted molar refractivity (Wildman–Crippen MR) is 218 cm³/mol. The minimum absolute atomic E-state index is 0.000738. The number of carbonyl (C=O) groups is 2. The number of fused-ring (bicyclic) bond motifs is 8. The number of ether oxygens (including phenoxy) is 1. The Morgan fingerprint density at radius 3 is 2.60 bits per heavy atom. The number of likely N-dealkylation sites (N-methyl/N-ethyl adjacent to an activating group) is 1. The number of methoxy groups -OCH3 is 1. The molecule has 5 atom stereocenters. The lowest BCUT2D eigenvalue weighted by Crippen LogP contribution is -2.79. The number of rotatable bonds is 5. The van der Waals surface area contributed by atoms with Crippen molar-refractivity contribution < 1.29 is 23.1 Å². The SMILES string of the molecule is CO[C@H]1CN(C)C(=O)[C@@H]2C[C@@H](CN2c2nc(N3[C@H]4CN(C5CC5)C(=O)[C@]3(C)C4)nc3c2cnn3-c2ccc(F)cc2F)Nc2cccc(n2)-c2nccc3nc(C)n(c23)C1. The van der Waals surface area contributed by atoms with Crippen LogP contribution in [0.4, 0.5) is 26.4 Å². The van der Waals surface area contributed by atoms with Gasteiger partial charge in [0.2, 0.25) is 17.8 Å². The summed E-state index contributed by atoms with van der Waals surface area (Å²) in [7, 11) is 3.41. The third-order valence-electron chi connectivity index (χ3n) is 13.0. The van der Waals surface area contributed by atoms with Crippen LogP contribution in [0.25, 0.3) is 39.1 Å². The third-order valence-corrected chi connectivity index (χ3v) is 13.0. The average Bonchev–Trinajstić information content (AvgIpc) is 3.73. The second-order valence-electron chi connectivity index (χ2n) is 17.0. The summed E-state index contributed by atoms with van der Waals surface area (Å²) in [6.07, 6.45) is 5.93. The molecule has 6 aliphatic rings. The van der Waals surface area contributed by atoms with Crippen LogP contribution in [-0.4, -0.2) is 130 Å². The van der Waals surface area contributed by atoms with Crippen LogP contribution in [-0.2, 0) is 20.9 Å². The summed E-state index contributed by atoms with van der Waals surface area (Å²) < 4.78 is 39.1. The molecule has 1 saturated carbocycles. The van der Waals surface area contributed by atoms with Gasteiger partial charge in [0.15, 0.2) is 11.5 Å². The van der Waals surface area contributed by atoms with Crippen molar-refractivity contribution in [3.05, 3.63) is 72.3 Å². The first kappa shape index (κ1) is 36.8. The molecule has 5 fully saturated rings. The fourth-order valence-electron chi connectivity index (χ4n) is 9.95. The summed E-state index contributed by atoms with van der Waals surface area (Å²) in [5, 5.41) is 8.65. The molecule has 2 amide bonds. The Labute approximate surface area is 343 Å². The van der Waals surface area contributed by atoms with Crippen molar-refractivity contribution in [2.75, 3.05) is 48.9 Å². The average molecular weight is 816 g/mol. The molecule has 6 bridgehead atoms. The van der Waals surface area contributed by atoms with E-state index in [0.29, 0.717) is 60.9 Å². The van der Waals surface area contributed by atoms with E-state index in [9.17, 15) is 14.0 Å². The van der Waals surface area contributed by atoms with Crippen molar-refractivity contribution in [2.45, 2.75) is 81.9 Å². The van der Waals surface area contributed by atoms with Gasteiger partial charge in [-0.2, -0.15) is 15.1 Å². The zero-order valence-corrected chi connectivity index (χ0v) is 33.6. The van der Waals surface area contributed by atoms with Crippen molar-refractivity contribution in [1.29, 1.82) is 0 Å². The van der Waals surface area contributed by atoms with Gasteiger partial charge in [0.05, 0.1) is 47.0 Å². The first-order chi connectivity index (χ1) is 29.0. The Balaban J connectivity index is 1.04. The van der Waals surface area contributed by atoms with Crippen molar-refractivity contribution in [1.82, 2.24) is 49.1 Å². The smallest absolute Gasteiger partial charge is 0.248 e. The van der Waals surface area contributed by atoms with E-state index in [-0.39, 0.29) is 53.8 Å². The molecule has 6 aromatic rings. The number of hydrogen-bond acceptors (Lipinski definition) is 12. The number of piperidine rings is 1. The lowest BCUT2D eigenvalue weighted by atomic mass is 9.75. The maximum Gasteiger partial charge on any atom is 0.248 e. The van der Waals surface area contributed by atoms with Crippen LogP contribution in [0.1, 0.15) is 38.4 Å². The molecule has 5 aliphatic heterocycles. The molecular formula is C42H43F2N13O3. The monoisotopic (exact) mass is 815 g/mol. The highest BCUT2D eigenvalue weighted by Crippen LogP contribution is 2.48. The number of nitrogens with one attached hydrogen (secondary N) is 1. The minimum Gasteiger partial charge on any atom is -0.378 e. The topological polar surface area (TPSA) is 156 Å². The molecule has 5 aromatic heterocycles. The van der Waals surface area contributed by atoms with Gasteiger partial charge in [-0.25, -0.2) is 23.4 Å². The standard InChI is InChI=1S/C42H43F2N13O3/c1-22-47-31-12-13-45-35-30-6-5-7-34(49-30)48-24-15-33(39(58)52(3)20-27(60-4)21-53(22)36(31)35)55(18-24)37-28-17-46-57(32-11-8-23(43)14-29(32)44)38(28)51-41(50-37)56-26-16-42(56,2)40(59)54(19-26)25-9-10-25/h5-8,11-14,17,24-27,33H,9-10,15-16,18-21H2,1-4H3,(H,48,49)/t24-,26+,27-,33-,42-/m0/s1. The highest BCUT2D eigenvalue weighted by atomic mass is 19.1. The molecule has 0 spiro atoms. The molecular weight excluding hydrogens is 773 g/mol. The number of hydrogen-bond donors (Lipinski definition) is 1. The normalized spacial score (nSPS) is 25.4. The van der Waals surface area contributed by atoms with Crippen LogP contribution in [0.15, 0.2) is 54.9 Å². The van der Waals surface area contributed by atoms with E-state index in [1.54, 1.807) is 31.5 Å². The number of halogens is 2. The molecule has 0 radical (unpaired) electrons. The molecule has 1 aliphatic carbocycles. The number of piperazine rings is 1. The van der Waals surface area contributed by atoms with Gasteiger partial charge in [-0.15, -0.1) is 0 Å². The molecule has 60 heavy (non-hydrogen) atoms. The van der Waals surface area contributed by atoms with E-state index in [2.05, 4.69) is 15.0 Å². The number of imidazole rings is 1. The number of pyridine rings is 2. The summed E-state index contributed by atoms with van der Waals surface area (Å²) in [5.41, 5.74) is 2.37. The van der Waals surface area contributed by atoms with Crippen molar-refractivity contribution in [2.24, 2.45) is 0 Å². The summed E-state index contributed by atoms with van der Waals surface area (Å²) >= 11 is 0. The number of aromatic nitrogens is 8.